The van der Waals surface area contributed by atoms with Gasteiger partial charge < -0.3 is 9.80 Å². The van der Waals surface area contributed by atoms with E-state index in [0.29, 0.717) is 17.7 Å². The molecule has 0 bridgehead atoms. The van der Waals surface area contributed by atoms with E-state index in [0.717, 1.165) is 12.8 Å². The number of benzene rings is 4. The fourth-order valence-electron chi connectivity index (χ4n) is 5.44. The van der Waals surface area contributed by atoms with Crippen LogP contribution in [0, 0.1) is 13.8 Å². The van der Waals surface area contributed by atoms with Crippen LogP contribution in [0.3, 0.4) is 0 Å². The zero-order chi connectivity index (χ0) is 27.1. The minimum atomic E-state index is -0.575. The molecule has 4 aromatic rings. The van der Waals surface area contributed by atoms with Crippen LogP contribution in [0.25, 0.3) is 0 Å². The summed E-state index contributed by atoms with van der Waals surface area (Å²) >= 11 is 0. The first-order chi connectivity index (χ1) is 18.3. The second-order valence-corrected chi connectivity index (χ2v) is 13.4. The van der Waals surface area contributed by atoms with Gasteiger partial charge >= 0.3 is 0 Å². The van der Waals surface area contributed by atoms with Crippen molar-refractivity contribution in [3.63, 3.8) is 0 Å². The average molecular weight is 523 g/mol. The summed E-state index contributed by atoms with van der Waals surface area (Å²) in [7, 11) is 8.36. The van der Waals surface area contributed by atoms with Gasteiger partial charge in [-0.2, -0.15) is 0 Å². The predicted molar refractivity (Wildman–Crippen MR) is 167 cm³/mol. The quantitative estimate of drug-likeness (QED) is 0.188. The first-order valence-corrected chi connectivity index (χ1v) is 15.1. The smallest absolute Gasteiger partial charge is 0.0348 e. The summed E-state index contributed by atoms with van der Waals surface area (Å²) in [5.41, 5.74) is 5.91. The van der Waals surface area contributed by atoms with Crippen molar-refractivity contribution in [3.05, 3.63) is 131 Å². The van der Waals surface area contributed by atoms with Gasteiger partial charge in [0.1, 0.15) is 0 Å². The molecule has 0 aliphatic heterocycles. The Morgan fingerprint density at radius 3 is 1.16 bits per heavy atom. The van der Waals surface area contributed by atoms with Gasteiger partial charge in [0.15, 0.2) is 0 Å². The van der Waals surface area contributed by atoms with E-state index >= 15 is 0 Å². The summed E-state index contributed by atoms with van der Waals surface area (Å²) in [4.78, 5) is 4.83. The Labute approximate surface area is 232 Å². The largest absolute Gasteiger partial charge is 0.302 e. The lowest BCUT2D eigenvalue weighted by atomic mass is 9.94. The van der Waals surface area contributed by atoms with Crippen molar-refractivity contribution in [1.82, 2.24) is 9.80 Å². The monoisotopic (exact) mass is 522 g/mol. The van der Waals surface area contributed by atoms with Crippen molar-refractivity contribution < 1.29 is 0 Å². The fourth-order valence-corrected chi connectivity index (χ4v) is 8.39. The van der Waals surface area contributed by atoms with Gasteiger partial charge in [0, 0.05) is 12.1 Å². The van der Waals surface area contributed by atoms with E-state index < -0.39 is 7.92 Å². The summed E-state index contributed by atoms with van der Waals surface area (Å²) in [6.45, 7) is 4.34. The average Bonchev–Trinajstić information content (AvgIpc) is 2.92. The third-order valence-corrected chi connectivity index (χ3v) is 10.5. The van der Waals surface area contributed by atoms with Gasteiger partial charge in [-0.15, -0.1) is 0 Å². The summed E-state index contributed by atoms with van der Waals surface area (Å²) in [6.07, 6.45) is 2.20. The minimum absolute atomic E-state index is 0.346. The zero-order valence-corrected chi connectivity index (χ0v) is 24.8. The Morgan fingerprint density at radius 2 is 0.842 bits per heavy atom. The summed E-state index contributed by atoms with van der Waals surface area (Å²) in [5.74, 6) is 0. The Morgan fingerprint density at radius 1 is 0.500 bits per heavy atom. The zero-order valence-electron chi connectivity index (χ0n) is 23.9. The maximum absolute atomic E-state index is 2.41. The number of hydrogen-bond donors (Lipinski definition) is 0. The first kappa shape index (κ1) is 28.2. The number of rotatable bonds is 11. The molecule has 3 heteroatoms. The molecule has 0 aliphatic carbocycles. The second-order valence-electron chi connectivity index (χ2n) is 10.9. The molecule has 0 saturated carbocycles. The Kier molecular flexibility index (Phi) is 9.91. The van der Waals surface area contributed by atoms with Gasteiger partial charge in [-0.3, -0.25) is 0 Å². The molecule has 0 aliphatic rings. The molecule has 2 unspecified atom stereocenters. The number of aryl methyl sites for hydroxylation is 2. The molecule has 0 N–H and O–H groups in total. The summed E-state index contributed by atoms with van der Waals surface area (Å²) < 4.78 is 0. The lowest BCUT2D eigenvalue weighted by Crippen LogP contribution is -2.32. The molecule has 4 rings (SSSR count). The van der Waals surface area contributed by atoms with Gasteiger partial charge in [-0.25, -0.2) is 0 Å². The van der Waals surface area contributed by atoms with Crippen molar-refractivity contribution in [2.24, 2.45) is 0 Å². The number of hydrogen-bond acceptors (Lipinski definition) is 2. The van der Waals surface area contributed by atoms with Crippen LogP contribution >= 0.6 is 7.92 Å². The third kappa shape index (κ3) is 7.20. The molecule has 0 amide bonds. The molecule has 198 valence electrons. The second kappa shape index (κ2) is 13.3. The van der Waals surface area contributed by atoms with E-state index in [-0.39, 0.29) is 0 Å². The van der Waals surface area contributed by atoms with Crippen LogP contribution in [0.4, 0.5) is 0 Å². The molecule has 0 fully saturated rings. The maximum atomic E-state index is 2.41. The van der Waals surface area contributed by atoms with Gasteiger partial charge in [0.2, 0.25) is 0 Å². The van der Waals surface area contributed by atoms with E-state index in [1.165, 1.54) is 32.9 Å². The standard InChI is InChI=1S/C35H43N2P/c1-27-17-21-29(22-18-27)34(36(3)4)25-33(26-35(37(5)6)30-23-19-28(2)20-24-30)38(31-13-9-7-10-14-31)32-15-11-8-12-16-32/h7-24,33-35H,25-26H2,1-6H3. The molecule has 4 aromatic carbocycles. The molecule has 0 aromatic heterocycles. The summed E-state index contributed by atoms with van der Waals surface area (Å²) in [6, 6.07) is 41.5. The third-order valence-electron chi connectivity index (χ3n) is 7.60. The van der Waals surface area contributed by atoms with Gasteiger partial charge in [-0.05, 0) is 90.2 Å². The predicted octanol–water partition coefficient (Wildman–Crippen LogP) is 7.49. The Bertz CT molecular complexity index is 1140. The Hall–Kier alpha value is -2.77. The van der Waals surface area contributed by atoms with Crippen LogP contribution < -0.4 is 10.6 Å². The maximum Gasteiger partial charge on any atom is 0.0348 e. The molecular weight excluding hydrogens is 479 g/mol. The molecule has 2 nitrogen and oxygen atoms in total. The Balaban J connectivity index is 1.81. The van der Waals surface area contributed by atoms with Crippen molar-refractivity contribution in [2.45, 2.75) is 44.4 Å². The van der Waals surface area contributed by atoms with Crippen LogP contribution in [0.15, 0.2) is 109 Å². The molecular formula is C35H43N2P. The highest BCUT2D eigenvalue weighted by Crippen LogP contribution is 2.48. The molecule has 0 heterocycles. The van der Waals surface area contributed by atoms with Crippen LogP contribution in [0.2, 0.25) is 0 Å². The van der Waals surface area contributed by atoms with Gasteiger partial charge in [0.05, 0.1) is 0 Å². The lowest BCUT2D eigenvalue weighted by molar-refractivity contribution is 0.248. The van der Waals surface area contributed by atoms with Crippen LogP contribution in [-0.4, -0.2) is 43.6 Å². The van der Waals surface area contributed by atoms with Crippen molar-refractivity contribution in [2.75, 3.05) is 28.2 Å². The van der Waals surface area contributed by atoms with Crippen molar-refractivity contribution >= 4 is 18.5 Å². The van der Waals surface area contributed by atoms with E-state index in [1.807, 2.05) is 0 Å². The van der Waals surface area contributed by atoms with E-state index in [2.05, 4.69) is 161 Å². The SMILES string of the molecule is Cc1ccc(C(CC(CC(c2ccc(C)cc2)N(C)C)P(c2ccccc2)c2ccccc2)N(C)C)cc1. The topological polar surface area (TPSA) is 6.48 Å². The first-order valence-electron chi connectivity index (χ1n) is 13.7. The molecule has 0 radical (unpaired) electrons. The molecule has 2 atom stereocenters. The van der Waals surface area contributed by atoms with Crippen LogP contribution in [-0.2, 0) is 0 Å². The lowest BCUT2D eigenvalue weighted by Gasteiger charge is -2.38. The highest BCUT2D eigenvalue weighted by atomic mass is 31.1. The van der Waals surface area contributed by atoms with Crippen molar-refractivity contribution in [3.8, 4) is 0 Å². The van der Waals surface area contributed by atoms with Crippen LogP contribution in [0.5, 0.6) is 0 Å². The van der Waals surface area contributed by atoms with E-state index in [1.54, 1.807) is 0 Å². The molecule has 38 heavy (non-hydrogen) atoms. The minimum Gasteiger partial charge on any atom is -0.302 e. The molecule has 0 saturated heterocycles. The fraction of sp³-hybridized carbons (Fsp3) is 0.314. The normalized spacial score (nSPS) is 14.1. The van der Waals surface area contributed by atoms with E-state index in [4.69, 9.17) is 0 Å². The number of nitrogens with zero attached hydrogens (tertiary/aromatic N) is 2. The molecule has 0 spiro atoms. The van der Waals surface area contributed by atoms with Gasteiger partial charge in [0.25, 0.3) is 0 Å². The highest BCUT2D eigenvalue weighted by Gasteiger charge is 2.32. The van der Waals surface area contributed by atoms with Gasteiger partial charge in [-0.1, -0.05) is 120 Å². The van der Waals surface area contributed by atoms with Crippen LogP contribution in [0.1, 0.15) is 47.2 Å². The summed E-state index contributed by atoms with van der Waals surface area (Å²) in [5, 5.41) is 2.92. The highest BCUT2D eigenvalue weighted by molar-refractivity contribution is 7.73. The van der Waals surface area contributed by atoms with E-state index in [9.17, 15) is 0 Å². The van der Waals surface area contributed by atoms with Crippen molar-refractivity contribution in [1.29, 1.82) is 0 Å².